The van der Waals surface area contributed by atoms with E-state index in [1.807, 2.05) is 11.9 Å². The molecule has 2 heterocycles. The molecule has 2 rings (SSSR count). The molecular weight excluding hydrogens is 234 g/mol. The topological polar surface area (TPSA) is 64.1 Å². The van der Waals surface area contributed by atoms with Gasteiger partial charge in [-0.05, 0) is 20.4 Å². The van der Waals surface area contributed by atoms with Gasteiger partial charge in [-0.2, -0.15) is 0 Å². The Morgan fingerprint density at radius 2 is 1.67 bits per heavy atom. The van der Waals surface area contributed by atoms with E-state index in [-0.39, 0.29) is 6.03 Å². The van der Waals surface area contributed by atoms with Gasteiger partial charge < -0.3 is 19.8 Å². The Morgan fingerprint density at radius 3 is 2.17 bits per heavy atom. The van der Waals surface area contributed by atoms with Crippen LogP contribution in [0.5, 0.6) is 0 Å². The van der Waals surface area contributed by atoms with Crippen molar-refractivity contribution in [2.24, 2.45) is 5.41 Å². The molecule has 2 fully saturated rings. The van der Waals surface area contributed by atoms with Crippen molar-refractivity contribution in [3.63, 3.8) is 0 Å². The van der Waals surface area contributed by atoms with E-state index in [2.05, 4.69) is 4.90 Å². The first kappa shape index (κ1) is 13.1. The number of piperazine rings is 1. The predicted molar refractivity (Wildman–Crippen MR) is 66.4 cm³/mol. The summed E-state index contributed by atoms with van der Waals surface area (Å²) < 4.78 is 0. The number of likely N-dealkylation sites (tertiary alicyclic amines) is 1. The first-order valence-electron chi connectivity index (χ1n) is 6.38. The zero-order chi connectivity index (χ0) is 13.3. The summed E-state index contributed by atoms with van der Waals surface area (Å²) in [4.78, 5) is 29.1. The van der Waals surface area contributed by atoms with Crippen LogP contribution < -0.4 is 0 Å². The first-order valence-corrected chi connectivity index (χ1v) is 6.38. The number of aliphatic carboxylic acids is 1. The molecule has 18 heavy (non-hydrogen) atoms. The van der Waals surface area contributed by atoms with E-state index in [0.717, 1.165) is 26.2 Å². The summed E-state index contributed by atoms with van der Waals surface area (Å²) in [5.74, 6) is -0.809. The maximum absolute atomic E-state index is 12.3. The second-order valence-corrected chi connectivity index (χ2v) is 5.61. The van der Waals surface area contributed by atoms with Crippen LogP contribution in [0.4, 0.5) is 4.79 Å². The van der Waals surface area contributed by atoms with E-state index >= 15 is 0 Å². The lowest BCUT2D eigenvalue weighted by molar-refractivity contribution is -0.147. The number of amides is 2. The number of rotatable bonds is 1. The van der Waals surface area contributed by atoms with Crippen molar-refractivity contribution in [1.29, 1.82) is 0 Å². The van der Waals surface area contributed by atoms with Gasteiger partial charge >= 0.3 is 12.0 Å². The van der Waals surface area contributed by atoms with Crippen LogP contribution in [-0.2, 0) is 4.79 Å². The molecule has 2 aliphatic heterocycles. The number of urea groups is 1. The lowest BCUT2D eigenvalue weighted by Gasteiger charge is -2.35. The van der Waals surface area contributed by atoms with Gasteiger partial charge in [0, 0.05) is 39.3 Å². The third-order valence-corrected chi connectivity index (χ3v) is 4.03. The predicted octanol–water partition coefficient (Wildman–Crippen LogP) is 0.150. The highest BCUT2D eigenvalue weighted by Crippen LogP contribution is 2.30. The maximum Gasteiger partial charge on any atom is 0.320 e. The van der Waals surface area contributed by atoms with Gasteiger partial charge in [-0.25, -0.2) is 4.79 Å². The van der Waals surface area contributed by atoms with Crippen LogP contribution in [0.1, 0.15) is 13.3 Å². The van der Waals surface area contributed by atoms with Crippen LogP contribution in [0.3, 0.4) is 0 Å². The van der Waals surface area contributed by atoms with Crippen molar-refractivity contribution >= 4 is 12.0 Å². The van der Waals surface area contributed by atoms with E-state index < -0.39 is 11.4 Å². The Labute approximate surface area is 107 Å². The van der Waals surface area contributed by atoms with Gasteiger partial charge in [0.05, 0.1) is 5.41 Å². The van der Waals surface area contributed by atoms with Gasteiger partial charge in [0.2, 0.25) is 0 Å². The van der Waals surface area contributed by atoms with Crippen molar-refractivity contribution in [2.75, 3.05) is 46.3 Å². The molecule has 0 spiro atoms. The fraction of sp³-hybridized carbons (Fsp3) is 0.833. The minimum absolute atomic E-state index is 0.00641. The van der Waals surface area contributed by atoms with Gasteiger partial charge in [-0.1, -0.05) is 0 Å². The molecular formula is C12H21N3O3. The molecule has 2 amide bonds. The Balaban J connectivity index is 1.93. The average Bonchev–Trinajstić information content (AvgIpc) is 2.73. The highest BCUT2D eigenvalue weighted by Gasteiger charge is 2.43. The minimum atomic E-state index is -0.809. The van der Waals surface area contributed by atoms with Gasteiger partial charge in [-0.15, -0.1) is 0 Å². The first-order chi connectivity index (χ1) is 8.42. The number of hydrogen-bond acceptors (Lipinski definition) is 3. The zero-order valence-electron chi connectivity index (χ0n) is 11.1. The molecule has 2 aliphatic rings. The van der Waals surface area contributed by atoms with Crippen molar-refractivity contribution in [3.8, 4) is 0 Å². The van der Waals surface area contributed by atoms with E-state index in [1.54, 1.807) is 11.8 Å². The van der Waals surface area contributed by atoms with Crippen LogP contribution >= 0.6 is 0 Å². The molecule has 2 saturated heterocycles. The molecule has 0 aromatic rings. The smallest absolute Gasteiger partial charge is 0.320 e. The summed E-state index contributed by atoms with van der Waals surface area (Å²) in [7, 11) is 2.04. The third kappa shape index (κ3) is 2.43. The lowest BCUT2D eigenvalue weighted by Crippen LogP contribution is -2.51. The Morgan fingerprint density at radius 1 is 1.06 bits per heavy atom. The largest absolute Gasteiger partial charge is 0.481 e. The summed E-state index contributed by atoms with van der Waals surface area (Å²) in [5.41, 5.74) is -0.776. The number of carboxylic acids is 1. The van der Waals surface area contributed by atoms with Crippen LogP contribution in [0, 0.1) is 5.41 Å². The number of carbonyl (C=O) groups excluding carboxylic acids is 1. The standard InChI is InChI=1S/C12H21N3O3/c1-12(10(16)17)3-4-15(9-12)11(18)14-7-5-13(2)6-8-14/h3-9H2,1-2H3,(H,16,17). The molecule has 1 atom stereocenters. The van der Waals surface area contributed by atoms with E-state index in [9.17, 15) is 9.59 Å². The lowest BCUT2D eigenvalue weighted by atomic mass is 9.90. The fourth-order valence-electron chi connectivity index (χ4n) is 2.50. The van der Waals surface area contributed by atoms with Crippen molar-refractivity contribution in [2.45, 2.75) is 13.3 Å². The molecule has 1 N–H and O–H groups in total. The number of carbonyl (C=O) groups is 2. The van der Waals surface area contributed by atoms with E-state index in [4.69, 9.17) is 5.11 Å². The average molecular weight is 255 g/mol. The third-order valence-electron chi connectivity index (χ3n) is 4.03. The molecule has 0 bridgehead atoms. The summed E-state index contributed by atoms with van der Waals surface area (Å²) in [5, 5.41) is 9.16. The molecule has 6 heteroatoms. The monoisotopic (exact) mass is 255 g/mol. The summed E-state index contributed by atoms with van der Waals surface area (Å²) in [6.07, 6.45) is 0.543. The Hall–Kier alpha value is -1.30. The highest BCUT2D eigenvalue weighted by molar-refractivity contribution is 5.79. The van der Waals surface area contributed by atoms with Crippen LogP contribution in [0.2, 0.25) is 0 Å². The molecule has 1 unspecified atom stereocenters. The summed E-state index contributed by atoms with van der Waals surface area (Å²) in [6.45, 7) is 5.82. The molecule has 0 saturated carbocycles. The Kier molecular flexibility index (Phi) is 3.47. The SMILES string of the molecule is CN1CCN(C(=O)N2CCC(C)(C(=O)O)C2)CC1. The fourth-order valence-corrected chi connectivity index (χ4v) is 2.50. The van der Waals surface area contributed by atoms with Crippen molar-refractivity contribution < 1.29 is 14.7 Å². The zero-order valence-corrected chi connectivity index (χ0v) is 11.1. The van der Waals surface area contributed by atoms with Gasteiger partial charge in [-0.3, -0.25) is 4.79 Å². The second-order valence-electron chi connectivity index (χ2n) is 5.61. The Bertz CT molecular complexity index is 352. The minimum Gasteiger partial charge on any atom is -0.481 e. The highest BCUT2D eigenvalue weighted by atomic mass is 16.4. The normalized spacial score (nSPS) is 29.7. The molecule has 6 nitrogen and oxygen atoms in total. The van der Waals surface area contributed by atoms with Crippen molar-refractivity contribution in [1.82, 2.24) is 14.7 Å². The second kappa shape index (κ2) is 4.76. The molecule has 0 aromatic heterocycles. The van der Waals surface area contributed by atoms with Crippen LogP contribution in [-0.4, -0.2) is 78.1 Å². The number of hydrogen-bond donors (Lipinski definition) is 1. The van der Waals surface area contributed by atoms with Crippen LogP contribution in [0.25, 0.3) is 0 Å². The van der Waals surface area contributed by atoms with Crippen LogP contribution in [0.15, 0.2) is 0 Å². The number of likely N-dealkylation sites (N-methyl/N-ethyl adjacent to an activating group) is 1. The number of nitrogens with zero attached hydrogens (tertiary/aromatic N) is 3. The molecule has 102 valence electrons. The van der Waals surface area contributed by atoms with E-state index in [0.29, 0.717) is 19.5 Å². The molecule has 0 radical (unpaired) electrons. The van der Waals surface area contributed by atoms with E-state index in [1.165, 1.54) is 0 Å². The van der Waals surface area contributed by atoms with Gasteiger partial charge in [0.1, 0.15) is 0 Å². The van der Waals surface area contributed by atoms with Gasteiger partial charge in [0.15, 0.2) is 0 Å². The number of carboxylic acid groups (broad SMARTS) is 1. The maximum atomic E-state index is 12.3. The molecule has 0 aromatic carbocycles. The summed E-state index contributed by atoms with van der Waals surface area (Å²) >= 11 is 0. The quantitative estimate of drug-likeness (QED) is 0.724. The van der Waals surface area contributed by atoms with Gasteiger partial charge in [0.25, 0.3) is 0 Å². The molecule has 0 aliphatic carbocycles. The summed E-state index contributed by atoms with van der Waals surface area (Å²) in [6, 6.07) is -0.00641. The van der Waals surface area contributed by atoms with Crippen molar-refractivity contribution in [3.05, 3.63) is 0 Å².